The first-order chi connectivity index (χ1) is 9.50. The average Bonchev–Trinajstić information content (AvgIpc) is 2.83. The zero-order chi connectivity index (χ0) is 14.7. The van der Waals surface area contributed by atoms with Crippen molar-refractivity contribution in [1.82, 2.24) is 15.0 Å². The molecule has 2 rings (SSSR count). The third-order valence-corrected chi connectivity index (χ3v) is 2.71. The molecule has 2 aromatic rings. The van der Waals surface area contributed by atoms with Gasteiger partial charge in [-0.1, -0.05) is 35.5 Å². The molecule has 0 aliphatic rings. The van der Waals surface area contributed by atoms with Crippen molar-refractivity contribution in [2.75, 3.05) is 0 Å². The number of hydrogen-bond donors (Lipinski definition) is 2. The summed E-state index contributed by atoms with van der Waals surface area (Å²) < 4.78 is 26.5. The van der Waals surface area contributed by atoms with E-state index in [1.807, 2.05) is 0 Å². The molecular formula is C12H11F2N3O3. The highest BCUT2D eigenvalue weighted by atomic mass is 19.3. The van der Waals surface area contributed by atoms with Gasteiger partial charge in [0.25, 0.3) is 6.43 Å². The molecule has 0 saturated carbocycles. The SMILES string of the molecule is O=C(O)c1nnn(CC(O)c2ccccc2)c1C(F)F. The fourth-order valence-electron chi connectivity index (χ4n) is 1.77. The second kappa shape index (κ2) is 5.74. The van der Waals surface area contributed by atoms with E-state index in [1.54, 1.807) is 30.3 Å². The number of hydrogen-bond acceptors (Lipinski definition) is 4. The lowest BCUT2D eigenvalue weighted by atomic mass is 10.1. The number of aliphatic hydroxyl groups is 1. The quantitative estimate of drug-likeness (QED) is 0.871. The van der Waals surface area contributed by atoms with Gasteiger partial charge in [-0.05, 0) is 5.56 Å². The van der Waals surface area contributed by atoms with Crippen molar-refractivity contribution in [1.29, 1.82) is 0 Å². The van der Waals surface area contributed by atoms with Crippen LogP contribution in [0.15, 0.2) is 30.3 Å². The van der Waals surface area contributed by atoms with E-state index in [1.165, 1.54) is 0 Å². The lowest BCUT2D eigenvalue weighted by molar-refractivity contribution is 0.0673. The Hall–Kier alpha value is -2.35. The Morgan fingerprint density at radius 3 is 2.50 bits per heavy atom. The Bertz CT molecular complexity index is 601. The van der Waals surface area contributed by atoms with E-state index in [2.05, 4.69) is 10.3 Å². The van der Waals surface area contributed by atoms with Crippen molar-refractivity contribution in [3.8, 4) is 0 Å². The molecule has 6 nitrogen and oxygen atoms in total. The number of alkyl halides is 2. The second-order valence-corrected chi connectivity index (χ2v) is 4.04. The topological polar surface area (TPSA) is 88.2 Å². The van der Waals surface area contributed by atoms with Crippen LogP contribution in [0.3, 0.4) is 0 Å². The summed E-state index contributed by atoms with van der Waals surface area (Å²) in [6.07, 6.45) is -4.13. The third-order valence-electron chi connectivity index (χ3n) is 2.71. The van der Waals surface area contributed by atoms with E-state index < -0.39 is 29.9 Å². The molecule has 2 N–H and O–H groups in total. The molecule has 1 unspecified atom stereocenters. The van der Waals surface area contributed by atoms with Gasteiger partial charge >= 0.3 is 5.97 Å². The van der Waals surface area contributed by atoms with Gasteiger partial charge in [0.1, 0.15) is 5.69 Å². The monoisotopic (exact) mass is 283 g/mol. The van der Waals surface area contributed by atoms with E-state index >= 15 is 0 Å². The Balaban J connectivity index is 2.28. The van der Waals surface area contributed by atoms with Crippen LogP contribution in [0.1, 0.15) is 34.3 Å². The van der Waals surface area contributed by atoms with Crippen molar-refractivity contribution < 1.29 is 23.8 Å². The summed E-state index contributed by atoms with van der Waals surface area (Å²) in [4.78, 5) is 10.8. The van der Waals surface area contributed by atoms with Crippen molar-refractivity contribution >= 4 is 5.97 Å². The molecule has 0 fully saturated rings. The van der Waals surface area contributed by atoms with Crippen LogP contribution in [0.5, 0.6) is 0 Å². The van der Waals surface area contributed by atoms with E-state index in [0.717, 1.165) is 0 Å². The second-order valence-electron chi connectivity index (χ2n) is 4.04. The van der Waals surface area contributed by atoms with Crippen LogP contribution in [0.2, 0.25) is 0 Å². The zero-order valence-electron chi connectivity index (χ0n) is 10.1. The highest BCUT2D eigenvalue weighted by molar-refractivity contribution is 5.86. The number of carboxylic acids is 1. The smallest absolute Gasteiger partial charge is 0.358 e. The van der Waals surface area contributed by atoms with E-state index in [4.69, 9.17) is 5.11 Å². The minimum atomic E-state index is -3.04. The normalized spacial score (nSPS) is 12.6. The lowest BCUT2D eigenvalue weighted by Crippen LogP contribution is -2.14. The number of aliphatic hydroxyl groups excluding tert-OH is 1. The number of nitrogens with zero attached hydrogens (tertiary/aromatic N) is 3. The summed E-state index contributed by atoms with van der Waals surface area (Å²) in [5.41, 5.74) is -1.10. The maximum atomic E-state index is 12.9. The minimum Gasteiger partial charge on any atom is -0.476 e. The highest BCUT2D eigenvalue weighted by Gasteiger charge is 2.27. The standard InChI is InChI=1S/C12H11F2N3O3/c13-11(14)10-9(12(19)20)15-16-17(10)6-8(18)7-4-2-1-3-5-7/h1-5,8,11,18H,6H2,(H,19,20). The van der Waals surface area contributed by atoms with Crippen LogP contribution in [0.25, 0.3) is 0 Å². The van der Waals surface area contributed by atoms with Gasteiger partial charge in [0, 0.05) is 0 Å². The zero-order valence-corrected chi connectivity index (χ0v) is 10.1. The first kappa shape index (κ1) is 14.1. The number of aromatic carboxylic acids is 1. The third kappa shape index (κ3) is 2.80. The molecule has 0 radical (unpaired) electrons. The van der Waals surface area contributed by atoms with Crippen molar-refractivity contribution in [3.05, 3.63) is 47.3 Å². The molecule has 1 atom stereocenters. The molecule has 0 bridgehead atoms. The molecule has 0 spiro atoms. The van der Waals surface area contributed by atoms with Gasteiger partial charge in [-0.15, -0.1) is 5.10 Å². The summed E-state index contributed by atoms with van der Waals surface area (Å²) in [6.45, 7) is -0.302. The van der Waals surface area contributed by atoms with Gasteiger partial charge in [-0.25, -0.2) is 18.3 Å². The van der Waals surface area contributed by atoms with Crippen LogP contribution in [0, 0.1) is 0 Å². The molecule has 0 aliphatic carbocycles. The number of aromatic nitrogens is 3. The Kier molecular flexibility index (Phi) is 4.04. The lowest BCUT2D eigenvalue weighted by Gasteiger charge is -2.12. The summed E-state index contributed by atoms with van der Waals surface area (Å²) in [5.74, 6) is -1.58. The van der Waals surface area contributed by atoms with E-state index in [9.17, 15) is 18.7 Å². The predicted molar refractivity (Wildman–Crippen MR) is 63.3 cm³/mol. The molecular weight excluding hydrogens is 272 g/mol. The van der Waals surface area contributed by atoms with Crippen LogP contribution < -0.4 is 0 Å². The summed E-state index contributed by atoms with van der Waals surface area (Å²) in [7, 11) is 0. The molecule has 0 amide bonds. The first-order valence-electron chi connectivity index (χ1n) is 5.68. The first-order valence-corrected chi connectivity index (χ1v) is 5.68. The number of benzene rings is 1. The molecule has 106 valence electrons. The van der Waals surface area contributed by atoms with E-state index in [-0.39, 0.29) is 6.54 Å². The van der Waals surface area contributed by atoms with Gasteiger partial charge in [0.2, 0.25) is 0 Å². The maximum Gasteiger partial charge on any atom is 0.358 e. The molecule has 1 aromatic carbocycles. The fraction of sp³-hybridized carbons (Fsp3) is 0.250. The largest absolute Gasteiger partial charge is 0.476 e. The average molecular weight is 283 g/mol. The molecule has 0 aliphatic heterocycles. The molecule has 1 aromatic heterocycles. The van der Waals surface area contributed by atoms with Crippen LogP contribution in [-0.4, -0.2) is 31.2 Å². The van der Waals surface area contributed by atoms with Gasteiger partial charge < -0.3 is 10.2 Å². The summed E-state index contributed by atoms with van der Waals surface area (Å²) in [6, 6.07) is 8.38. The Labute approximate surface area is 112 Å². The molecule has 8 heteroatoms. The Morgan fingerprint density at radius 1 is 1.30 bits per heavy atom. The highest BCUT2D eigenvalue weighted by Crippen LogP contribution is 2.23. The van der Waals surface area contributed by atoms with Gasteiger partial charge in [0.15, 0.2) is 5.69 Å². The maximum absolute atomic E-state index is 12.9. The number of halogens is 2. The Morgan fingerprint density at radius 2 is 1.95 bits per heavy atom. The predicted octanol–water partition coefficient (Wildman–Crippen LogP) is 1.65. The summed E-state index contributed by atoms with van der Waals surface area (Å²) >= 11 is 0. The molecule has 20 heavy (non-hydrogen) atoms. The number of carbonyl (C=O) groups is 1. The van der Waals surface area contributed by atoms with Crippen molar-refractivity contribution in [3.63, 3.8) is 0 Å². The number of rotatable bonds is 5. The van der Waals surface area contributed by atoms with Gasteiger partial charge in [0.05, 0.1) is 12.6 Å². The van der Waals surface area contributed by atoms with E-state index in [0.29, 0.717) is 10.2 Å². The summed E-state index contributed by atoms with van der Waals surface area (Å²) in [5, 5.41) is 25.3. The number of carboxylic acid groups (broad SMARTS) is 1. The van der Waals surface area contributed by atoms with Crippen molar-refractivity contribution in [2.45, 2.75) is 19.1 Å². The molecule has 1 heterocycles. The van der Waals surface area contributed by atoms with Gasteiger partial charge in [-0.3, -0.25) is 0 Å². The van der Waals surface area contributed by atoms with Crippen LogP contribution >= 0.6 is 0 Å². The fourth-order valence-corrected chi connectivity index (χ4v) is 1.77. The van der Waals surface area contributed by atoms with Crippen LogP contribution in [0.4, 0.5) is 8.78 Å². The van der Waals surface area contributed by atoms with Crippen molar-refractivity contribution in [2.24, 2.45) is 0 Å². The molecule has 0 saturated heterocycles. The minimum absolute atomic E-state index is 0.302. The van der Waals surface area contributed by atoms with Crippen LogP contribution in [-0.2, 0) is 6.54 Å². The van der Waals surface area contributed by atoms with Gasteiger partial charge in [-0.2, -0.15) is 0 Å².